The van der Waals surface area contributed by atoms with Crippen molar-refractivity contribution in [2.45, 2.75) is 51.4 Å². The number of aromatic nitrogens is 1. The van der Waals surface area contributed by atoms with Gasteiger partial charge in [-0.3, -0.25) is 0 Å². The van der Waals surface area contributed by atoms with E-state index in [0.29, 0.717) is 0 Å². The van der Waals surface area contributed by atoms with Crippen LogP contribution in [-0.4, -0.2) is 11.7 Å². The molecule has 1 fully saturated rings. The van der Waals surface area contributed by atoms with E-state index in [1.165, 1.54) is 37.7 Å². The van der Waals surface area contributed by atoms with Gasteiger partial charge in [-0.05, 0) is 26.7 Å². The molecule has 0 aromatic carbocycles. The van der Waals surface area contributed by atoms with Gasteiger partial charge in [-0.2, -0.15) is 0 Å². The Hall–Kier alpha value is -0.830. The highest BCUT2D eigenvalue weighted by molar-refractivity contribution is 5.32. The topological polar surface area (TPSA) is 52.0 Å². The fraction of sp³-hybridized carbons (Fsp3) is 0.750. The van der Waals surface area contributed by atoms with Crippen LogP contribution in [0.25, 0.3) is 0 Å². The van der Waals surface area contributed by atoms with E-state index in [0.717, 1.165) is 18.0 Å². The summed E-state index contributed by atoms with van der Waals surface area (Å²) in [6, 6.07) is 0. The van der Waals surface area contributed by atoms with Gasteiger partial charge in [0.25, 0.3) is 0 Å². The van der Waals surface area contributed by atoms with Gasteiger partial charge in [-0.15, -0.1) is 0 Å². The molecule has 84 valence electrons. The van der Waals surface area contributed by atoms with Crippen molar-refractivity contribution in [3.05, 3.63) is 17.0 Å². The highest BCUT2D eigenvalue weighted by atomic mass is 16.5. The molecule has 1 heterocycles. The first-order valence-corrected chi connectivity index (χ1v) is 5.83. The third-order valence-electron chi connectivity index (χ3n) is 3.77. The molecule has 3 nitrogen and oxygen atoms in total. The van der Waals surface area contributed by atoms with E-state index < -0.39 is 0 Å². The molecule has 0 unspecified atom stereocenters. The van der Waals surface area contributed by atoms with E-state index in [1.807, 2.05) is 13.8 Å². The molecule has 1 aliphatic rings. The van der Waals surface area contributed by atoms with Crippen LogP contribution in [0.15, 0.2) is 4.52 Å². The molecular formula is C12H20N2O. The van der Waals surface area contributed by atoms with Gasteiger partial charge in [0.05, 0.1) is 5.69 Å². The second-order valence-electron chi connectivity index (χ2n) is 4.74. The maximum Gasteiger partial charge on any atom is 0.137 e. The Morgan fingerprint density at radius 2 is 1.93 bits per heavy atom. The largest absolute Gasteiger partial charge is 0.361 e. The molecule has 1 aliphatic carbocycles. The van der Waals surface area contributed by atoms with Crippen LogP contribution < -0.4 is 5.73 Å². The molecule has 3 heteroatoms. The van der Waals surface area contributed by atoms with Crippen molar-refractivity contribution in [1.82, 2.24) is 5.16 Å². The molecular weight excluding hydrogens is 188 g/mol. The number of nitrogens with two attached hydrogens (primary N) is 1. The van der Waals surface area contributed by atoms with Crippen LogP contribution in [0.1, 0.15) is 49.1 Å². The van der Waals surface area contributed by atoms with E-state index in [4.69, 9.17) is 10.3 Å². The van der Waals surface area contributed by atoms with Crippen LogP contribution in [0.5, 0.6) is 0 Å². The third-order valence-corrected chi connectivity index (χ3v) is 3.77. The van der Waals surface area contributed by atoms with Gasteiger partial charge in [-0.1, -0.05) is 24.4 Å². The monoisotopic (exact) mass is 208 g/mol. The summed E-state index contributed by atoms with van der Waals surface area (Å²) in [5.41, 5.74) is 8.45. The fourth-order valence-electron chi connectivity index (χ4n) is 3.02. The van der Waals surface area contributed by atoms with E-state index >= 15 is 0 Å². The molecule has 1 aromatic rings. The van der Waals surface area contributed by atoms with Gasteiger partial charge in [0.2, 0.25) is 0 Å². The lowest BCUT2D eigenvalue weighted by Crippen LogP contribution is -2.38. The van der Waals surface area contributed by atoms with Gasteiger partial charge in [0.15, 0.2) is 0 Å². The van der Waals surface area contributed by atoms with Crippen molar-refractivity contribution in [2.75, 3.05) is 6.54 Å². The van der Waals surface area contributed by atoms with Crippen molar-refractivity contribution in [2.24, 2.45) is 5.73 Å². The highest BCUT2D eigenvalue weighted by Crippen LogP contribution is 2.41. The van der Waals surface area contributed by atoms with Crippen molar-refractivity contribution in [1.29, 1.82) is 0 Å². The van der Waals surface area contributed by atoms with E-state index in [-0.39, 0.29) is 5.41 Å². The van der Waals surface area contributed by atoms with Gasteiger partial charge in [0, 0.05) is 17.5 Å². The number of aryl methyl sites for hydroxylation is 2. The number of rotatable bonds is 2. The van der Waals surface area contributed by atoms with Crippen molar-refractivity contribution >= 4 is 0 Å². The van der Waals surface area contributed by atoms with Crippen LogP contribution in [0.4, 0.5) is 0 Å². The quantitative estimate of drug-likeness (QED) is 0.812. The van der Waals surface area contributed by atoms with Gasteiger partial charge >= 0.3 is 0 Å². The average molecular weight is 208 g/mol. The second-order valence-corrected chi connectivity index (χ2v) is 4.74. The summed E-state index contributed by atoms with van der Waals surface area (Å²) >= 11 is 0. The molecule has 15 heavy (non-hydrogen) atoms. The second kappa shape index (κ2) is 3.97. The first kappa shape index (κ1) is 10.7. The Labute approximate surface area is 91.0 Å². The minimum Gasteiger partial charge on any atom is -0.361 e. The lowest BCUT2D eigenvalue weighted by atomic mass is 9.69. The predicted molar refractivity (Wildman–Crippen MR) is 59.8 cm³/mol. The van der Waals surface area contributed by atoms with Crippen LogP contribution >= 0.6 is 0 Å². The van der Waals surface area contributed by atoms with E-state index in [9.17, 15) is 0 Å². The summed E-state index contributed by atoms with van der Waals surface area (Å²) in [7, 11) is 0. The zero-order chi connectivity index (χ0) is 10.9. The zero-order valence-corrected chi connectivity index (χ0v) is 9.68. The van der Waals surface area contributed by atoms with E-state index in [1.54, 1.807) is 0 Å². The van der Waals surface area contributed by atoms with Crippen LogP contribution in [0.3, 0.4) is 0 Å². The third kappa shape index (κ3) is 1.69. The molecule has 0 radical (unpaired) electrons. The molecule has 1 saturated carbocycles. The van der Waals surface area contributed by atoms with E-state index in [2.05, 4.69) is 5.16 Å². The molecule has 0 bridgehead atoms. The minimum atomic E-state index is 0.145. The summed E-state index contributed by atoms with van der Waals surface area (Å²) < 4.78 is 5.27. The lowest BCUT2D eigenvalue weighted by molar-refractivity contribution is 0.294. The molecule has 2 rings (SSSR count). The van der Waals surface area contributed by atoms with Crippen LogP contribution in [0.2, 0.25) is 0 Å². The lowest BCUT2D eigenvalue weighted by Gasteiger charge is -2.36. The smallest absolute Gasteiger partial charge is 0.137 e. The van der Waals surface area contributed by atoms with Gasteiger partial charge in [0.1, 0.15) is 5.76 Å². The molecule has 0 atom stereocenters. The number of hydrogen-bond acceptors (Lipinski definition) is 3. The standard InChI is InChI=1S/C12H20N2O/c1-9-11(10(2)15-14-9)12(8-13)6-4-3-5-7-12/h3-8,13H2,1-2H3. The SMILES string of the molecule is Cc1noc(C)c1C1(CN)CCCCC1. The van der Waals surface area contributed by atoms with Gasteiger partial charge < -0.3 is 10.3 Å². The normalized spacial score (nSPS) is 20.5. The summed E-state index contributed by atoms with van der Waals surface area (Å²) in [4.78, 5) is 0. The maximum atomic E-state index is 6.00. The van der Waals surface area contributed by atoms with Crippen LogP contribution in [-0.2, 0) is 5.41 Å². The van der Waals surface area contributed by atoms with Gasteiger partial charge in [-0.25, -0.2) is 0 Å². The zero-order valence-electron chi connectivity index (χ0n) is 9.68. The Bertz CT molecular complexity index is 318. The Kier molecular flexibility index (Phi) is 2.83. The Morgan fingerprint density at radius 1 is 1.27 bits per heavy atom. The number of hydrogen-bond donors (Lipinski definition) is 1. The molecule has 1 aromatic heterocycles. The molecule has 0 aliphatic heterocycles. The van der Waals surface area contributed by atoms with Crippen LogP contribution in [0, 0.1) is 13.8 Å². The number of nitrogens with zero attached hydrogens (tertiary/aromatic N) is 1. The first-order chi connectivity index (χ1) is 7.19. The summed E-state index contributed by atoms with van der Waals surface area (Å²) in [6.45, 7) is 4.75. The molecule has 0 amide bonds. The molecule has 0 saturated heterocycles. The summed E-state index contributed by atoms with van der Waals surface area (Å²) in [5, 5.41) is 4.05. The molecule has 0 spiro atoms. The molecule has 2 N–H and O–H groups in total. The summed E-state index contributed by atoms with van der Waals surface area (Å²) in [5.74, 6) is 0.958. The Balaban J connectivity index is 2.40. The van der Waals surface area contributed by atoms with Crippen molar-refractivity contribution in [3.8, 4) is 0 Å². The Morgan fingerprint density at radius 3 is 2.40 bits per heavy atom. The maximum absolute atomic E-state index is 6.00. The average Bonchev–Trinajstić information content (AvgIpc) is 2.60. The van der Waals surface area contributed by atoms with Crippen molar-refractivity contribution in [3.63, 3.8) is 0 Å². The predicted octanol–water partition coefficient (Wildman–Crippen LogP) is 2.45. The fourth-order valence-corrected chi connectivity index (χ4v) is 3.02. The highest BCUT2D eigenvalue weighted by Gasteiger charge is 2.37. The first-order valence-electron chi connectivity index (χ1n) is 5.83. The minimum absolute atomic E-state index is 0.145. The summed E-state index contributed by atoms with van der Waals surface area (Å²) in [6.07, 6.45) is 6.27. The van der Waals surface area contributed by atoms with Crippen molar-refractivity contribution < 1.29 is 4.52 Å².